The molecule has 5 rings (SSSR count). The molecule has 3 heterocycles. The molecule has 1 saturated heterocycles. The van der Waals surface area contributed by atoms with Crippen LogP contribution in [0, 0.1) is 0 Å². The van der Waals surface area contributed by atoms with E-state index in [1.807, 2.05) is 42.5 Å². The Balaban J connectivity index is 1.46. The van der Waals surface area contributed by atoms with Crippen LogP contribution in [-0.4, -0.2) is 54.7 Å². The number of furan rings is 1. The van der Waals surface area contributed by atoms with Crippen LogP contribution in [0.25, 0.3) is 22.6 Å². The lowest BCUT2D eigenvalue weighted by Gasteiger charge is -2.26. The van der Waals surface area contributed by atoms with E-state index in [-0.39, 0.29) is 12.5 Å². The molecule has 1 fully saturated rings. The Morgan fingerprint density at radius 1 is 1.10 bits per heavy atom. The fraction of sp³-hybridized carbons (Fsp3) is 0.292. The van der Waals surface area contributed by atoms with E-state index in [0.717, 1.165) is 39.9 Å². The minimum Gasteiger partial charge on any atom is -0.465 e. The molecule has 0 N–H and O–H groups in total. The van der Waals surface area contributed by atoms with E-state index in [0.29, 0.717) is 38.3 Å². The van der Waals surface area contributed by atoms with Crippen molar-refractivity contribution >= 4 is 34.4 Å². The van der Waals surface area contributed by atoms with Crippen LogP contribution < -0.4 is 0 Å². The number of esters is 1. The summed E-state index contributed by atoms with van der Waals surface area (Å²) in [5, 5.41) is 0.740. The minimum atomic E-state index is -0.490. The highest BCUT2D eigenvalue weighted by molar-refractivity contribution is 6.07. The van der Waals surface area contributed by atoms with Crippen molar-refractivity contribution < 1.29 is 23.5 Å². The van der Waals surface area contributed by atoms with Crippen LogP contribution in [0.15, 0.2) is 47.1 Å². The van der Waals surface area contributed by atoms with Crippen LogP contribution in [0.3, 0.4) is 0 Å². The summed E-state index contributed by atoms with van der Waals surface area (Å²) in [4.78, 5) is 32.1. The van der Waals surface area contributed by atoms with Gasteiger partial charge in [-0.2, -0.15) is 0 Å². The van der Waals surface area contributed by atoms with Crippen molar-refractivity contribution in [2.24, 2.45) is 0 Å². The maximum atomic E-state index is 13.1. The fourth-order valence-corrected chi connectivity index (χ4v) is 4.16. The topological polar surface area (TPSA) is 81.9 Å². The van der Waals surface area contributed by atoms with E-state index in [4.69, 9.17) is 18.9 Å². The van der Waals surface area contributed by atoms with Crippen LogP contribution in [0.1, 0.15) is 33.8 Å². The molecule has 7 heteroatoms. The number of amides is 1. The first kappa shape index (κ1) is 19.5. The Labute approximate surface area is 179 Å². The first-order valence-corrected chi connectivity index (χ1v) is 10.4. The van der Waals surface area contributed by atoms with Gasteiger partial charge in [-0.3, -0.25) is 4.79 Å². The number of aromatic nitrogens is 1. The van der Waals surface area contributed by atoms with Gasteiger partial charge in [0.05, 0.1) is 36.3 Å². The third kappa shape index (κ3) is 3.84. The van der Waals surface area contributed by atoms with Crippen molar-refractivity contribution in [3.8, 4) is 0 Å². The summed E-state index contributed by atoms with van der Waals surface area (Å²) in [6.45, 7) is 1.77. The van der Waals surface area contributed by atoms with E-state index in [2.05, 4.69) is 0 Å². The van der Waals surface area contributed by atoms with Crippen LogP contribution in [0.5, 0.6) is 0 Å². The zero-order valence-corrected chi connectivity index (χ0v) is 17.0. The van der Waals surface area contributed by atoms with Crippen molar-refractivity contribution in [1.29, 1.82) is 0 Å². The van der Waals surface area contributed by atoms with Gasteiger partial charge in [-0.15, -0.1) is 0 Å². The highest BCUT2D eigenvalue weighted by Gasteiger charge is 2.28. The number of ether oxygens (including phenoxy) is 2. The van der Waals surface area contributed by atoms with Crippen LogP contribution >= 0.6 is 0 Å². The Kier molecular flexibility index (Phi) is 5.26. The van der Waals surface area contributed by atoms with E-state index >= 15 is 0 Å². The molecule has 0 radical (unpaired) electrons. The summed E-state index contributed by atoms with van der Waals surface area (Å²) >= 11 is 0. The third-order valence-electron chi connectivity index (χ3n) is 5.70. The molecule has 0 saturated carbocycles. The van der Waals surface area contributed by atoms with Crippen molar-refractivity contribution in [2.45, 2.75) is 12.8 Å². The van der Waals surface area contributed by atoms with Gasteiger partial charge in [-0.25, -0.2) is 9.78 Å². The Bertz CT molecular complexity index is 1160. The second-order valence-corrected chi connectivity index (χ2v) is 7.59. The highest BCUT2D eigenvalue weighted by Crippen LogP contribution is 2.37. The number of rotatable bonds is 4. The highest BCUT2D eigenvalue weighted by atomic mass is 16.5. The predicted octanol–water partition coefficient (Wildman–Crippen LogP) is 3.33. The molecule has 0 atom stereocenters. The van der Waals surface area contributed by atoms with Gasteiger partial charge in [0.25, 0.3) is 5.91 Å². The zero-order chi connectivity index (χ0) is 21.2. The second kappa shape index (κ2) is 8.35. The molecular weight excluding hydrogens is 396 g/mol. The average Bonchev–Trinajstić information content (AvgIpc) is 3.47. The average molecular weight is 418 g/mol. The van der Waals surface area contributed by atoms with Gasteiger partial charge in [0.1, 0.15) is 5.76 Å². The largest absolute Gasteiger partial charge is 0.465 e. The number of nitrogens with zero attached hydrogens (tertiary/aromatic N) is 2. The van der Waals surface area contributed by atoms with Crippen LogP contribution in [0.2, 0.25) is 0 Å². The Hall–Kier alpha value is -3.45. The van der Waals surface area contributed by atoms with Crippen molar-refractivity contribution in [2.75, 3.05) is 32.9 Å². The summed E-state index contributed by atoms with van der Waals surface area (Å²) in [7, 11) is 0. The maximum Gasteiger partial charge on any atom is 0.339 e. The van der Waals surface area contributed by atoms with Gasteiger partial charge < -0.3 is 18.8 Å². The quantitative estimate of drug-likeness (QED) is 0.605. The summed E-state index contributed by atoms with van der Waals surface area (Å²) in [6.07, 6.45) is 5.03. The number of morpholine rings is 1. The first-order chi connectivity index (χ1) is 15.2. The molecule has 0 unspecified atom stereocenters. The molecule has 0 spiro atoms. The van der Waals surface area contributed by atoms with Crippen LogP contribution in [-0.2, 0) is 20.7 Å². The molecule has 1 aliphatic carbocycles. The number of carbonyl (C=O) groups excluding carboxylic acids is 2. The lowest BCUT2D eigenvalue weighted by Crippen LogP contribution is -2.42. The van der Waals surface area contributed by atoms with E-state index in [1.54, 1.807) is 11.2 Å². The molecule has 0 bridgehead atoms. The molecular formula is C24H22N2O5. The lowest BCUT2D eigenvalue weighted by molar-refractivity contribution is -0.138. The Morgan fingerprint density at radius 2 is 1.94 bits per heavy atom. The predicted molar refractivity (Wildman–Crippen MR) is 114 cm³/mol. The number of carbonyl (C=O) groups is 2. The van der Waals surface area contributed by atoms with Crippen molar-refractivity contribution in [3.05, 3.63) is 65.2 Å². The Morgan fingerprint density at radius 3 is 2.74 bits per heavy atom. The van der Waals surface area contributed by atoms with Gasteiger partial charge in [0.2, 0.25) is 0 Å². The summed E-state index contributed by atoms with van der Waals surface area (Å²) in [5.74, 6) is 0.0545. The van der Waals surface area contributed by atoms with Gasteiger partial charge in [-0.1, -0.05) is 18.2 Å². The number of para-hydroxylation sites is 1. The van der Waals surface area contributed by atoms with E-state index in [9.17, 15) is 9.59 Å². The van der Waals surface area contributed by atoms with Crippen molar-refractivity contribution in [3.63, 3.8) is 0 Å². The first-order valence-electron chi connectivity index (χ1n) is 10.4. The number of fused-ring (bicyclic) bond motifs is 2. The summed E-state index contributed by atoms with van der Waals surface area (Å²) in [5.41, 5.74) is 3.90. The molecule has 2 aromatic heterocycles. The molecule has 7 nitrogen and oxygen atoms in total. The molecule has 2 aliphatic rings. The summed E-state index contributed by atoms with van der Waals surface area (Å²) in [6, 6.07) is 11.2. The minimum absolute atomic E-state index is 0.204. The van der Waals surface area contributed by atoms with Gasteiger partial charge in [0, 0.05) is 18.5 Å². The monoisotopic (exact) mass is 418 g/mol. The maximum absolute atomic E-state index is 13.1. The van der Waals surface area contributed by atoms with Gasteiger partial charge >= 0.3 is 5.97 Å². The standard InChI is InChI=1S/C24H22N2O5/c27-21(26-9-12-29-13-10-26)15-31-24(28)22-18-5-1-2-6-20(18)25-23-16(7-8-19(22)23)14-17-4-3-11-30-17/h1-6,11,14H,7-10,12-13,15H2. The zero-order valence-electron chi connectivity index (χ0n) is 17.0. The number of pyridine rings is 1. The third-order valence-corrected chi connectivity index (χ3v) is 5.70. The SMILES string of the molecule is O=C(OCC(=O)N1CCOCC1)c1c2c(nc3ccccc13)C(=Cc1ccco1)CC2. The van der Waals surface area contributed by atoms with Gasteiger partial charge in [0.15, 0.2) is 6.61 Å². The number of benzene rings is 1. The van der Waals surface area contributed by atoms with E-state index < -0.39 is 5.97 Å². The number of allylic oxidation sites excluding steroid dienone is 1. The molecule has 1 amide bonds. The lowest BCUT2D eigenvalue weighted by atomic mass is 10.0. The second-order valence-electron chi connectivity index (χ2n) is 7.59. The van der Waals surface area contributed by atoms with Crippen molar-refractivity contribution in [1.82, 2.24) is 9.88 Å². The molecule has 1 aliphatic heterocycles. The number of hydrogen-bond donors (Lipinski definition) is 0. The normalized spacial score (nSPS) is 17.2. The van der Waals surface area contributed by atoms with Crippen LogP contribution in [0.4, 0.5) is 0 Å². The molecule has 158 valence electrons. The molecule has 31 heavy (non-hydrogen) atoms. The molecule has 1 aromatic carbocycles. The van der Waals surface area contributed by atoms with Gasteiger partial charge in [-0.05, 0) is 48.3 Å². The number of hydrogen-bond acceptors (Lipinski definition) is 6. The van der Waals surface area contributed by atoms with E-state index in [1.165, 1.54) is 0 Å². The smallest absolute Gasteiger partial charge is 0.339 e. The fourth-order valence-electron chi connectivity index (χ4n) is 4.16. The molecule has 3 aromatic rings. The summed E-state index contributed by atoms with van der Waals surface area (Å²) < 4.78 is 16.2.